The topological polar surface area (TPSA) is 58.4 Å². The molecule has 0 N–H and O–H groups in total. The number of piperazine rings is 1. The molecule has 1 fully saturated rings. The van der Waals surface area contributed by atoms with Crippen molar-refractivity contribution in [2.45, 2.75) is 31.1 Å². The van der Waals surface area contributed by atoms with Crippen molar-refractivity contribution in [2.75, 3.05) is 31.9 Å². The van der Waals surface area contributed by atoms with Gasteiger partial charge >= 0.3 is 0 Å². The van der Waals surface area contributed by atoms with Crippen molar-refractivity contribution in [1.82, 2.24) is 19.4 Å². The first-order chi connectivity index (χ1) is 13.1. The Kier molecular flexibility index (Phi) is 5.31. The lowest BCUT2D eigenvalue weighted by molar-refractivity contribution is -0.133. The Balaban J connectivity index is 1.34. The van der Waals surface area contributed by atoms with Crippen molar-refractivity contribution in [1.29, 1.82) is 0 Å². The Morgan fingerprint density at radius 2 is 1.93 bits per heavy atom. The second-order valence-corrected chi connectivity index (χ2v) is 8.20. The van der Waals surface area contributed by atoms with Gasteiger partial charge in [-0.05, 0) is 12.5 Å². The van der Waals surface area contributed by atoms with Gasteiger partial charge in [-0.3, -0.25) is 19.1 Å². The maximum absolute atomic E-state index is 12.8. The predicted octanol–water partition coefficient (Wildman–Crippen LogP) is 1.93. The molecule has 3 heterocycles. The van der Waals surface area contributed by atoms with Crippen LogP contribution in [0.1, 0.15) is 23.6 Å². The number of benzene rings is 1. The third kappa shape index (κ3) is 3.94. The summed E-state index contributed by atoms with van der Waals surface area (Å²) < 4.78 is 1.71. The highest BCUT2D eigenvalue weighted by atomic mass is 32.2. The summed E-state index contributed by atoms with van der Waals surface area (Å²) in [5.41, 5.74) is 1.92. The first kappa shape index (κ1) is 18.3. The van der Waals surface area contributed by atoms with Crippen LogP contribution in [-0.2, 0) is 11.3 Å². The van der Waals surface area contributed by atoms with Gasteiger partial charge in [0.1, 0.15) is 0 Å². The Hall–Kier alpha value is -2.12. The van der Waals surface area contributed by atoms with Gasteiger partial charge in [-0.25, -0.2) is 4.98 Å². The monoisotopic (exact) mass is 384 g/mol. The number of rotatable bonds is 4. The molecule has 27 heavy (non-hydrogen) atoms. The molecule has 0 bridgehead atoms. The molecule has 2 aliphatic rings. The summed E-state index contributed by atoms with van der Waals surface area (Å²) in [6.45, 7) is 5.97. The number of carbonyl (C=O) groups excluding carboxylic acids is 1. The van der Waals surface area contributed by atoms with Crippen LogP contribution in [0.4, 0.5) is 0 Å². The van der Waals surface area contributed by atoms with Gasteiger partial charge in [-0.1, -0.05) is 42.1 Å². The minimum Gasteiger partial charge on any atom is -0.340 e. The number of hydrogen-bond acceptors (Lipinski definition) is 5. The molecule has 142 valence electrons. The first-order valence-electron chi connectivity index (χ1n) is 9.37. The van der Waals surface area contributed by atoms with Crippen LogP contribution in [-0.4, -0.2) is 57.2 Å². The Morgan fingerprint density at radius 3 is 2.67 bits per heavy atom. The molecule has 1 aromatic carbocycles. The third-order valence-electron chi connectivity index (χ3n) is 5.29. The SMILES string of the molecule is Cc1cnc2n(c1=O)[C@@H](CC(=O)N1CCN(Cc3ccccc3)CC1)CS2. The summed E-state index contributed by atoms with van der Waals surface area (Å²) in [4.78, 5) is 33.9. The maximum atomic E-state index is 12.8. The molecule has 1 atom stereocenters. The van der Waals surface area contributed by atoms with Gasteiger partial charge in [-0.15, -0.1) is 0 Å². The maximum Gasteiger partial charge on any atom is 0.257 e. The minimum absolute atomic E-state index is 0.0181. The summed E-state index contributed by atoms with van der Waals surface area (Å²) in [6.07, 6.45) is 2.00. The number of aromatic nitrogens is 2. The van der Waals surface area contributed by atoms with E-state index in [1.165, 1.54) is 5.56 Å². The quantitative estimate of drug-likeness (QED) is 0.754. The fraction of sp³-hybridized carbons (Fsp3) is 0.450. The van der Waals surface area contributed by atoms with Gasteiger partial charge in [-0.2, -0.15) is 0 Å². The van der Waals surface area contributed by atoms with E-state index < -0.39 is 0 Å². The summed E-state index contributed by atoms with van der Waals surface area (Å²) in [6, 6.07) is 10.3. The van der Waals surface area contributed by atoms with Crippen LogP contribution in [0.15, 0.2) is 46.5 Å². The standard InChI is InChI=1S/C20H24N4O2S/c1-15-12-21-20-24(19(15)26)17(14-27-20)11-18(25)23-9-7-22(8-10-23)13-16-5-3-2-4-6-16/h2-6,12,17H,7-11,13-14H2,1H3/t17-/m0/s1. The number of carbonyl (C=O) groups is 1. The number of thioether (sulfide) groups is 1. The molecule has 4 rings (SSSR count). The Bertz CT molecular complexity index is 875. The molecule has 0 spiro atoms. The van der Waals surface area contributed by atoms with Crippen LogP contribution in [0.2, 0.25) is 0 Å². The molecule has 1 amide bonds. The van der Waals surface area contributed by atoms with E-state index in [2.05, 4.69) is 34.1 Å². The highest BCUT2D eigenvalue weighted by molar-refractivity contribution is 7.99. The molecule has 1 aromatic heterocycles. The fourth-order valence-corrected chi connectivity index (χ4v) is 4.80. The minimum atomic E-state index is -0.0836. The van der Waals surface area contributed by atoms with Crippen LogP contribution < -0.4 is 5.56 Å². The second-order valence-electron chi connectivity index (χ2n) is 7.21. The molecule has 0 unspecified atom stereocenters. The molecular weight excluding hydrogens is 360 g/mol. The van der Waals surface area contributed by atoms with E-state index in [0.29, 0.717) is 12.0 Å². The lowest BCUT2D eigenvalue weighted by Crippen LogP contribution is -2.48. The van der Waals surface area contributed by atoms with E-state index >= 15 is 0 Å². The molecule has 0 saturated carbocycles. The summed E-state index contributed by atoms with van der Waals surface area (Å²) in [5.74, 6) is 0.881. The predicted molar refractivity (Wildman–Crippen MR) is 106 cm³/mol. The van der Waals surface area contributed by atoms with Gasteiger partial charge < -0.3 is 4.90 Å². The fourth-order valence-electron chi connectivity index (χ4n) is 3.70. The van der Waals surface area contributed by atoms with E-state index in [1.54, 1.807) is 29.4 Å². The van der Waals surface area contributed by atoms with Crippen molar-refractivity contribution in [2.24, 2.45) is 0 Å². The molecule has 6 nitrogen and oxygen atoms in total. The highest BCUT2D eigenvalue weighted by Gasteiger charge is 2.30. The molecular formula is C20H24N4O2S. The van der Waals surface area contributed by atoms with E-state index in [0.717, 1.165) is 43.6 Å². The van der Waals surface area contributed by atoms with E-state index in [1.807, 2.05) is 11.0 Å². The lowest BCUT2D eigenvalue weighted by Gasteiger charge is -2.35. The van der Waals surface area contributed by atoms with Gasteiger partial charge in [0.05, 0.1) is 6.04 Å². The van der Waals surface area contributed by atoms with Crippen LogP contribution >= 0.6 is 11.8 Å². The number of amides is 1. The van der Waals surface area contributed by atoms with Gasteiger partial charge in [0.25, 0.3) is 5.56 Å². The van der Waals surface area contributed by atoms with E-state index in [4.69, 9.17) is 0 Å². The van der Waals surface area contributed by atoms with Crippen molar-refractivity contribution in [3.63, 3.8) is 0 Å². The highest BCUT2D eigenvalue weighted by Crippen LogP contribution is 2.32. The van der Waals surface area contributed by atoms with Crippen LogP contribution in [0, 0.1) is 6.92 Å². The molecule has 0 aliphatic carbocycles. The average molecular weight is 385 g/mol. The first-order valence-corrected chi connectivity index (χ1v) is 10.4. The van der Waals surface area contributed by atoms with Gasteiger partial charge in [0, 0.05) is 56.7 Å². The van der Waals surface area contributed by atoms with Crippen LogP contribution in [0.25, 0.3) is 0 Å². The molecule has 7 heteroatoms. The largest absolute Gasteiger partial charge is 0.340 e. The van der Waals surface area contributed by atoms with Crippen molar-refractivity contribution < 1.29 is 4.79 Å². The number of aryl methyl sites for hydroxylation is 1. The average Bonchev–Trinajstić information content (AvgIpc) is 3.09. The molecule has 2 aromatic rings. The van der Waals surface area contributed by atoms with E-state index in [-0.39, 0.29) is 17.5 Å². The van der Waals surface area contributed by atoms with Crippen molar-refractivity contribution in [3.8, 4) is 0 Å². The van der Waals surface area contributed by atoms with E-state index in [9.17, 15) is 9.59 Å². The number of nitrogens with zero attached hydrogens (tertiary/aromatic N) is 4. The summed E-state index contributed by atoms with van der Waals surface area (Å²) >= 11 is 1.56. The Morgan fingerprint density at radius 1 is 1.19 bits per heavy atom. The zero-order valence-corrected chi connectivity index (χ0v) is 16.3. The smallest absolute Gasteiger partial charge is 0.257 e. The summed E-state index contributed by atoms with van der Waals surface area (Å²) in [5, 5.41) is 0.732. The molecule has 1 saturated heterocycles. The molecule has 0 radical (unpaired) electrons. The molecule has 2 aliphatic heterocycles. The van der Waals surface area contributed by atoms with Gasteiger partial charge in [0.2, 0.25) is 5.91 Å². The zero-order chi connectivity index (χ0) is 18.8. The lowest BCUT2D eigenvalue weighted by atomic mass is 10.1. The normalized spacial score (nSPS) is 19.9. The van der Waals surface area contributed by atoms with Crippen LogP contribution in [0.3, 0.4) is 0 Å². The third-order valence-corrected chi connectivity index (χ3v) is 6.40. The number of hydrogen-bond donors (Lipinski definition) is 0. The van der Waals surface area contributed by atoms with Crippen molar-refractivity contribution in [3.05, 3.63) is 58.0 Å². The van der Waals surface area contributed by atoms with Crippen molar-refractivity contribution >= 4 is 17.7 Å². The van der Waals surface area contributed by atoms with Gasteiger partial charge in [0.15, 0.2) is 5.16 Å². The van der Waals surface area contributed by atoms with Crippen LogP contribution in [0.5, 0.6) is 0 Å². The summed E-state index contributed by atoms with van der Waals surface area (Å²) in [7, 11) is 0. The zero-order valence-electron chi connectivity index (χ0n) is 15.5. The Labute approximate surface area is 163 Å². The number of fused-ring (bicyclic) bond motifs is 1. The second kappa shape index (κ2) is 7.86.